The number of aliphatic carboxylic acids is 1. The van der Waals surface area contributed by atoms with Crippen LogP contribution < -0.4 is 5.32 Å². The molecule has 0 saturated carbocycles. The van der Waals surface area contributed by atoms with Crippen LogP contribution in [0.2, 0.25) is 0 Å². The maximum Gasteiger partial charge on any atom is 0.330 e. The van der Waals surface area contributed by atoms with Crippen LogP contribution in [0, 0.1) is 0 Å². The van der Waals surface area contributed by atoms with Gasteiger partial charge >= 0.3 is 5.97 Å². The van der Waals surface area contributed by atoms with Crippen LogP contribution in [0.5, 0.6) is 0 Å². The molecule has 0 unspecified atom stereocenters. The van der Waals surface area contributed by atoms with Gasteiger partial charge in [0.15, 0.2) is 6.04 Å². The Morgan fingerprint density at radius 2 is 1.67 bits per heavy atom. The summed E-state index contributed by atoms with van der Waals surface area (Å²) in [5, 5.41) is 11.8. The van der Waals surface area contributed by atoms with Gasteiger partial charge in [0, 0.05) is 11.4 Å². The van der Waals surface area contributed by atoms with Crippen LogP contribution >= 0.6 is 11.6 Å². The molecule has 2 rings (SSSR count). The minimum absolute atomic E-state index is 0.356. The van der Waals surface area contributed by atoms with Gasteiger partial charge in [-0.05, 0) is 23.3 Å². The Bertz CT molecular complexity index is 626. The molecule has 0 radical (unpaired) electrons. The van der Waals surface area contributed by atoms with Crippen molar-refractivity contribution in [3.05, 3.63) is 71.3 Å². The number of hydrogen-bond acceptors (Lipinski definition) is 2. The van der Waals surface area contributed by atoms with Crippen LogP contribution in [0.4, 0.5) is 0 Å². The predicted molar refractivity (Wildman–Crippen MR) is 80.3 cm³/mol. The third kappa shape index (κ3) is 3.83. The number of hydrogen-bond donors (Lipinski definition) is 2. The van der Waals surface area contributed by atoms with Crippen LogP contribution in [-0.2, 0) is 10.7 Å². The van der Waals surface area contributed by atoms with Crippen LogP contribution in [0.3, 0.4) is 0 Å². The van der Waals surface area contributed by atoms with Crippen molar-refractivity contribution < 1.29 is 14.7 Å². The molecule has 0 aliphatic rings. The maximum absolute atomic E-state index is 12.1. The predicted octanol–water partition coefficient (Wildman–Crippen LogP) is 2.98. The molecule has 2 aromatic rings. The largest absolute Gasteiger partial charge is 0.479 e. The number of carboxylic acids is 1. The molecule has 0 bridgehead atoms. The number of carboxylic acid groups (broad SMARTS) is 1. The normalized spacial score (nSPS) is 11.7. The molecule has 0 aliphatic heterocycles. The van der Waals surface area contributed by atoms with E-state index >= 15 is 0 Å². The van der Waals surface area contributed by atoms with Crippen molar-refractivity contribution in [2.75, 3.05) is 0 Å². The Labute approximate surface area is 127 Å². The fraction of sp³-hybridized carbons (Fsp3) is 0.125. The Balaban J connectivity index is 2.19. The summed E-state index contributed by atoms with van der Waals surface area (Å²) >= 11 is 5.70. The number of amides is 1. The first-order chi connectivity index (χ1) is 10.1. The van der Waals surface area contributed by atoms with E-state index < -0.39 is 17.9 Å². The van der Waals surface area contributed by atoms with Gasteiger partial charge in [0.2, 0.25) is 0 Å². The summed E-state index contributed by atoms with van der Waals surface area (Å²) in [5.74, 6) is -1.18. The Hall–Kier alpha value is -2.33. The van der Waals surface area contributed by atoms with E-state index in [2.05, 4.69) is 5.32 Å². The zero-order chi connectivity index (χ0) is 15.2. The van der Waals surface area contributed by atoms with Crippen LogP contribution in [0.15, 0.2) is 54.6 Å². The zero-order valence-electron chi connectivity index (χ0n) is 11.1. The van der Waals surface area contributed by atoms with Gasteiger partial charge in [-0.3, -0.25) is 4.79 Å². The van der Waals surface area contributed by atoms with E-state index in [1.54, 1.807) is 54.6 Å². The highest BCUT2D eigenvalue weighted by Gasteiger charge is 2.22. The summed E-state index contributed by atoms with van der Waals surface area (Å²) in [6, 6.07) is 14.2. The first-order valence-corrected chi connectivity index (χ1v) is 6.89. The highest BCUT2D eigenvalue weighted by molar-refractivity contribution is 6.17. The number of alkyl halides is 1. The molecular weight excluding hydrogens is 290 g/mol. The van der Waals surface area contributed by atoms with Crippen molar-refractivity contribution in [3.8, 4) is 0 Å². The standard InChI is InChI=1S/C16H14ClNO3/c17-10-11-6-8-12(9-7-11)14(16(20)21)18-15(19)13-4-2-1-3-5-13/h1-9,14H,10H2,(H,18,19)(H,20,21)/t14-/m1/s1. The van der Waals surface area contributed by atoms with E-state index in [4.69, 9.17) is 11.6 Å². The smallest absolute Gasteiger partial charge is 0.330 e. The van der Waals surface area contributed by atoms with Gasteiger partial charge in [-0.15, -0.1) is 11.6 Å². The number of carbonyl (C=O) groups excluding carboxylic acids is 1. The lowest BCUT2D eigenvalue weighted by Crippen LogP contribution is -2.33. The first-order valence-electron chi connectivity index (χ1n) is 6.35. The molecule has 1 atom stereocenters. The van der Waals surface area contributed by atoms with E-state index in [1.807, 2.05) is 0 Å². The summed E-state index contributed by atoms with van der Waals surface area (Å²) in [7, 11) is 0. The average molecular weight is 304 g/mol. The molecule has 2 N–H and O–H groups in total. The fourth-order valence-corrected chi connectivity index (χ4v) is 2.07. The molecule has 0 aromatic heterocycles. The topological polar surface area (TPSA) is 66.4 Å². The molecule has 1 amide bonds. The summed E-state index contributed by atoms with van der Waals surface area (Å²) in [5.41, 5.74) is 1.81. The Kier molecular flexibility index (Phi) is 4.95. The third-order valence-corrected chi connectivity index (χ3v) is 3.33. The quantitative estimate of drug-likeness (QED) is 0.835. The zero-order valence-corrected chi connectivity index (χ0v) is 11.9. The van der Waals surface area contributed by atoms with Crippen LogP contribution in [0.1, 0.15) is 27.5 Å². The van der Waals surface area contributed by atoms with Gasteiger partial charge in [-0.25, -0.2) is 4.79 Å². The Morgan fingerprint density at radius 3 is 2.19 bits per heavy atom. The minimum atomic E-state index is -1.11. The molecule has 108 valence electrons. The molecule has 0 heterocycles. The van der Waals surface area contributed by atoms with Gasteiger partial charge in [0.25, 0.3) is 5.91 Å². The van der Waals surface area contributed by atoms with E-state index in [0.717, 1.165) is 5.56 Å². The SMILES string of the molecule is O=C(N[C@@H](C(=O)O)c1ccc(CCl)cc1)c1ccccc1. The first kappa shape index (κ1) is 15.1. The van der Waals surface area contributed by atoms with Crippen molar-refractivity contribution >= 4 is 23.5 Å². The number of rotatable bonds is 5. The molecule has 21 heavy (non-hydrogen) atoms. The highest BCUT2D eigenvalue weighted by Crippen LogP contribution is 2.16. The molecule has 5 heteroatoms. The second kappa shape index (κ2) is 6.90. The van der Waals surface area contributed by atoms with Crippen molar-refractivity contribution in [1.29, 1.82) is 0 Å². The van der Waals surface area contributed by atoms with Crippen LogP contribution in [-0.4, -0.2) is 17.0 Å². The van der Waals surface area contributed by atoms with Gasteiger partial charge < -0.3 is 10.4 Å². The lowest BCUT2D eigenvalue weighted by Gasteiger charge is -2.15. The number of carbonyl (C=O) groups is 2. The van der Waals surface area contributed by atoms with Crippen molar-refractivity contribution in [2.45, 2.75) is 11.9 Å². The maximum atomic E-state index is 12.1. The Morgan fingerprint density at radius 1 is 1.05 bits per heavy atom. The number of halogens is 1. The van der Waals surface area contributed by atoms with E-state index in [9.17, 15) is 14.7 Å². The minimum Gasteiger partial charge on any atom is -0.479 e. The summed E-state index contributed by atoms with van der Waals surface area (Å²) in [4.78, 5) is 23.4. The molecule has 0 aliphatic carbocycles. The van der Waals surface area contributed by atoms with Gasteiger partial charge in [-0.1, -0.05) is 42.5 Å². The van der Waals surface area contributed by atoms with Crippen molar-refractivity contribution in [1.82, 2.24) is 5.32 Å². The van der Waals surface area contributed by atoms with E-state index in [1.165, 1.54) is 0 Å². The van der Waals surface area contributed by atoms with E-state index in [0.29, 0.717) is 17.0 Å². The molecular formula is C16H14ClNO3. The molecule has 0 spiro atoms. The number of benzene rings is 2. The van der Waals surface area contributed by atoms with Gasteiger partial charge in [0.1, 0.15) is 0 Å². The fourth-order valence-electron chi connectivity index (χ4n) is 1.89. The van der Waals surface area contributed by atoms with Crippen molar-refractivity contribution in [3.63, 3.8) is 0 Å². The summed E-state index contributed by atoms with van der Waals surface area (Å²) < 4.78 is 0. The molecule has 0 fully saturated rings. The summed E-state index contributed by atoms with van der Waals surface area (Å²) in [6.07, 6.45) is 0. The van der Waals surface area contributed by atoms with Crippen molar-refractivity contribution in [2.24, 2.45) is 0 Å². The van der Waals surface area contributed by atoms with Crippen LogP contribution in [0.25, 0.3) is 0 Å². The molecule has 0 saturated heterocycles. The van der Waals surface area contributed by atoms with Gasteiger partial charge in [0.05, 0.1) is 0 Å². The second-order valence-electron chi connectivity index (χ2n) is 4.49. The molecule has 2 aromatic carbocycles. The van der Waals surface area contributed by atoms with Gasteiger partial charge in [-0.2, -0.15) is 0 Å². The highest BCUT2D eigenvalue weighted by atomic mass is 35.5. The third-order valence-electron chi connectivity index (χ3n) is 3.03. The number of nitrogens with one attached hydrogen (secondary N) is 1. The van der Waals surface area contributed by atoms with E-state index in [-0.39, 0.29) is 0 Å². The monoisotopic (exact) mass is 303 g/mol. The summed E-state index contributed by atoms with van der Waals surface area (Å²) in [6.45, 7) is 0. The average Bonchev–Trinajstić information content (AvgIpc) is 2.53. The lowest BCUT2D eigenvalue weighted by molar-refractivity contribution is -0.139. The lowest BCUT2D eigenvalue weighted by atomic mass is 10.0. The second-order valence-corrected chi connectivity index (χ2v) is 4.75. The molecule has 4 nitrogen and oxygen atoms in total.